The summed E-state index contributed by atoms with van der Waals surface area (Å²) in [6.07, 6.45) is 2.90. The molecule has 8 nitrogen and oxygen atoms in total. The Hall–Kier alpha value is -2.99. The number of esters is 1. The second kappa shape index (κ2) is 7.94. The van der Waals surface area contributed by atoms with Crippen molar-refractivity contribution in [3.63, 3.8) is 0 Å². The van der Waals surface area contributed by atoms with Gasteiger partial charge in [0.2, 0.25) is 0 Å². The first-order valence-corrected chi connectivity index (χ1v) is 9.77. The molecule has 146 valence electrons. The molecule has 1 fully saturated rings. The van der Waals surface area contributed by atoms with E-state index in [1.807, 2.05) is 0 Å². The molecule has 0 bridgehead atoms. The van der Waals surface area contributed by atoms with Crippen LogP contribution in [0.3, 0.4) is 0 Å². The molecule has 28 heavy (non-hydrogen) atoms. The van der Waals surface area contributed by atoms with Gasteiger partial charge in [0, 0.05) is 22.2 Å². The summed E-state index contributed by atoms with van der Waals surface area (Å²) in [5, 5.41) is 23.6. The van der Waals surface area contributed by atoms with E-state index in [1.54, 1.807) is 6.07 Å². The lowest BCUT2D eigenvalue weighted by molar-refractivity contribution is -0.384. The number of nitro benzene ring substituents is 1. The van der Waals surface area contributed by atoms with Crippen LogP contribution >= 0.6 is 11.3 Å². The number of nitro groups is 1. The highest BCUT2D eigenvalue weighted by Crippen LogP contribution is 2.30. The van der Waals surface area contributed by atoms with Crippen LogP contribution in [0.25, 0.3) is 10.1 Å². The third-order valence-corrected chi connectivity index (χ3v) is 5.94. The van der Waals surface area contributed by atoms with Gasteiger partial charge in [-0.3, -0.25) is 14.9 Å². The molecule has 1 N–H and O–H groups in total. The molecular weight excluding hydrogens is 382 g/mol. The predicted molar refractivity (Wildman–Crippen MR) is 103 cm³/mol. The number of non-ortho nitro benzene ring substituents is 1. The van der Waals surface area contributed by atoms with Gasteiger partial charge in [-0.1, -0.05) is 19.3 Å². The Morgan fingerprint density at radius 3 is 2.68 bits per heavy atom. The van der Waals surface area contributed by atoms with Crippen LogP contribution < -0.4 is 5.32 Å². The predicted octanol–water partition coefficient (Wildman–Crippen LogP) is 3.70. The molecule has 1 heterocycles. The topological polar surface area (TPSA) is 122 Å². The summed E-state index contributed by atoms with van der Waals surface area (Å²) in [6.45, 7) is 1.46. The first-order chi connectivity index (χ1) is 13.3. The average Bonchev–Trinajstić information content (AvgIpc) is 3.12. The maximum Gasteiger partial charge on any atom is 0.349 e. The normalized spacial score (nSPS) is 16.7. The molecule has 1 aromatic carbocycles. The Kier molecular flexibility index (Phi) is 5.61. The van der Waals surface area contributed by atoms with Crippen LogP contribution in [-0.4, -0.2) is 28.4 Å². The van der Waals surface area contributed by atoms with E-state index in [2.05, 4.69) is 11.4 Å². The first-order valence-electron chi connectivity index (χ1n) is 8.96. The zero-order valence-electron chi connectivity index (χ0n) is 15.3. The molecule has 0 aliphatic heterocycles. The van der Waals surface area contributed by atoms with Crippen molar-refractivity contribution in [3.05, 3.63) is 39.3 Å². The summed E-state index contributed by atoms with van der Waals surface area (Å²) < 4.78 is 5.96. The maximum absolute atomic E-state index is 12.4. The van der Waals surface area contributed by atoms with E-state index in [1.165, 1.54) is 25.1 Å². The second-order valence-corrected chi connectivity index (χ2v) is 7.97. The molecule has 1 amide bonds. The van der Waals surface area contributed by atoms with Crippen molar-refractivity contribution in [1.29, 1.82) is 5.26 Å². The molecule has 9 heteroatoms. The fraction of sp³-hybridized carbons (Fsp3) is 0.421. The van der Waals surface area contributed by atoms with Gasteiger partial charge in [0.1, 0.15) is 10.4 Å². The van der Waals surface area contributed by atoms with Gasteiger partial charge in [0.15, 0.2) is 6.10 Å². The van der Waals surface area contributed by atoms with Crippen LogP contribution in [0, 0.1) is 21.4 Å². The molecule has 1 aliphatic carbocycles. The second-order valence-electron chi connectivity index (χ2n) is 6.88. The van der Waals surface area contributed by atoms with E-state index in [9.17, 15) is 25.0 Å². The summed E-state index contributed by atoms with van der Waals surface area (Å²) in [6, 6.07) is 8.04. The number of rotatable bonds is 5. The molecule has 0 saturated heterocycles. The van der Waals surface area contributed by atoms with Crippen LogP contribution in [0.5, 0.6) is 0 Å². The van der Waals surface area contributed by atoms with Crippen molar-refractivity contribution < 1.29 is 19.2 Å². The number of ether oxygens (including phenoxy) is 1. The monoisotopic (exact) mass is 401 g/mol. The van der Waals surface area contributed by atoms with E-state index in [0.29, 0.717) is 22.9 Å². The van der Waals surface area contributed by atoms with E-state index >= 15 is 0 Å². The zero-order valence-corrected chi connectivity index (χ0v) is 16.1. The number of nitrogens with one attached hydrogen (secondary N) is 1. The highest BCUT2D eigenvalue weighted by Gasteiger charge is 2.35. The Morgan fingerprint density at radius 1 is 1.32 bits per heavy atom. The molecule has 0 radical (unpaired) electrons. The zero-order chi connectivity index (χ0) is 20.3. The minimum atomic E-state index is -1.06. The molecule has 1 aliphatic rings. The highest BCUT2D eigenvalue weighted by atomic mass is 32.1. The van der Waals surface area contributed by atoms with Crippen LogP contribution in [0.15, 0.2) is 24.3 Å². The minimum absolute atomic E-state index is 0.0627. The fourth-order valence-corrected chi connectivity index (χ4v) is 4.20. The molecule has 2 aromatic rings. The van der Waals surface area contributed by atoms with E-state index < -0.39 is 28.4 Å². The number of hydrogen-bond donors (Lipinski definition) is 1. The molecular formula is C19H19N3O5S. The SMILES string of the molecule is C[C@H](OC(=O)c1cc2cc([N+](=O)[O-])ccc2s1)C(=O)NC1(C#N)CCCCC1. The molecule has 0 unspecified atom stereocenters. The van der Waals surface area contributed by atoms with Crippen LogP contribution in [0.4, 0.5) is 5.69 Å². The number of carbonyl (C=O) groups is 2. The molecule has 1 atom stereocenters. The van der Waals surface area contributed by atoms with Gasteiger partial charge < -0.3 is 10.1 Å². The number of thiophene rings is 1. The Balaban J connectivity index is 1.68. The van der Waals surface area contributed by atoms with Gasteiger partial charge in [-0.15, -0.1) is 11.3 Å². The van der Waals surface area contributed by atoms with Crippen LogP contribution in [-0.2, 0) is 9.53 Å². The van der Waals surface area contributed by atoms with Crippen molar-refractivity contribution in [1.82, 2.24) is 5.32 Å². The Labute approximate surface area is 165 Å². The quantitative estimate of drug-likeness (QED) is 0.463. The van der Waals surface area contributed by atoms with Crippen LogP contribution in [0.2, 0.25) is 0 Å². The number of amides is 1. The molecule has 0 spiro atoms. The minimum Gasteiger partial charge on any atom is -0.448 e. The number of nitriles is 1. The lowest BCUT2D eigenvalue weighted by Gasteiger charge is -2.32. The molecule has 1 saturated carbocycles. The summed E-state index contributed by atoms with van der Waals surface area (Å²) >= 11 is 1.14. The first kappa shape index (κ1) is 19.8. The number of benzene rings is 1. The highest BCUT2D eigenvalue weighted by molar-refractivity contribution is 7.20. The standard InChI is InChI=1S/C19H19N3O5S/c1-12(17(23)21-19(11-20)7-3-2-4-8-19)27-18(24)16-10-13-9-14(22(25)26)5-6-15(13)28-16/h5-6,9-10,12H,2-4,7-8H2,1H3,(H,21,23)/t12-/m0/s1. The molecule has 1 aromatic heterocycles. The maximum atomic E-state index is 12.4. The summed E-state index contributed by atoms with van der Waals surface area (Å²) in [5.41, 5.74) is -0.959. The van der Waals surface area contributed by atoms with Crippen LogP contribution in [0.1, 0.15) is 48.7 Å². The number of fused-ring (bicyclic) bond motifs is 1. The summed E-state index contributed by atoms with van der Waals surface area (Å²) in [7, 11) is 0. The van der Waals surface area contributed by atoms with E-state index in [-0.39, 0.29) is 10.6 Å². The lowest BCUT2D eigenvalue weighted by Crippen LogP contribution is -2.52. The average molecular weight is 401 g/mol. The van der Waals surface area contributed by atoms with Crippen molar-refractivity contribution in [2.75, 3.05) is 0 Å². The third kappa shape index (κ3) is 4.12. The number of nitrogens with zero attached hydrogens (tertiary/aromatic N) is 2. The molecule has 3 rings (SSSR count). The van der Waals surface area contributed by atoms with Gasteiger partial charge in [-0.05, 0) is 31.9 Å². The van der Waals surface area contributed by atoms with Gasteiger partial charge in [-0.25, -0.2) is 4.79 Å². The van der Waals surface area contributed by atoms with Crippen molar-refractivity contribution >= 4 is 39.0 Å². The third-order valence-electron chi connectivity index (χ3n) is 4.85. The Bertz CT molecular complexity index is 972. The van der Waals surface area contributed by atoms with Crippen molar-refractivity contribution in [2.45, 2.75) is 50.7 Å². The van der Waals surface area contributed by atoms with E-state index in [4.69, 9.17) is 4.74 Å². The van der Waals surface area contributed by atoms with Gasteiger partial charge in [-0.2, -0.15) is 5.26 Å². The smallest absolute Gasteiger partial charge is 0.349 e. The largest absolute Gasteiger partial charge is 0.448 e. The lowest BCUT2D eigenvalue weighted by atomic mass is 9.83. The van der Waals surface area contributed by atoms with Gasteiger partial charge >= 0.3 is 5.97 Å². The van der Waals surface area contributed by atoms with Gasteiger partial charge in [0.25, 0.3) is 11.6 Å². The number of carbonyl (C=O) groups excluding carboxylic acids is 2. The fourth-order valence-electron chi connectivity index (χ4n) is 3.27. The summed E-state index contributed by atoms with van der Waals surface area (Å²) in [4.78, 5) is 35.4. The summed E-state index contributed by atoms with van der Waals surface area (Å²) in [5.74, 6) is -1.19. The van der Waals surface area contributed by atoms with Gasteiger partial charge in [0.05, 0.1) is 11.0 Å². The van der Waals surface area contributed by atoms with E-state index in [0.717, 1.165) is 30.6 Å². The number of hydrogen-bond acceptors (Lipinski definition) is 7. The van der Waals surface area contributed by atoms with Crippen molar-refractivity contribution in [2.24, 2.45) is 0 Å². The van der Waals surface area contributed by atoms with Crippen molar-refractivity contribution in [3.8, 4) is 6.07 Å². The Morgan fingerprint density at radius 2 is 2.04 bits per heavy atom.